The van der Waals surface area contributed by atoms with Crippen molar-refractivity contribution >= 4 is 16.1 Å². The Balaban J connectivity index is 2.29. The number of hydrogen-bond donors (Lipinski definition) is 2. The van der Waals surface area contributed by atoms with Crippen LogP contribution in [0.15, 0.2) is 4.99 Å². The smallest absolute Gasteiger partial charge is 0.264 e. The minimum absolute atomic E-state index is 0.111. The second-order valence-electron chi connectivity index (χ2n) is 2.86. The van der Waals surface area contributed by atoms with E-state index in [1.807, 2.05) is 4.90 Å². The molecular formula is C6H14N4O3S. The molecule has 0 aromatic heterocycles. The minimum atomic E-state index is -3.36. The van der Waals surface area contributed by atoms with Gasteiger partial charge in [-0.1, -0.05) is 0 Å². The summed E-state index contributed by atoms with van der Waals surface area (Å²) >= 11 is 0. The molecule has 1 aliphatic heterocycles. The van der Waals surface area contributed by atoms with Gasteiger partial charge >= 0.3 is 0 Å². The molecule has 0 amide bonds. The number of hydrogen-bond acceptors (Lipinski definition) is 7. The van der Waals surface area contributed by atoms with Crippen LogP contribution in [0.1, 0.15) is 0 Å². The normalized spacial score (nSPS) is 17.0. The van der Waals surface area contributed by atoms with Gasteiger partial charge in [0.2, 0.25) is 5.96 Å². The van der Waals surface area contributed by atoms with Crippen LogP contribution in [0.5, 0.6) is 0 Å². The molecule has 0 aromatic carbocycles. The summed E-state index contributed by atoms with van der Waals surface area (Å²) in [5, 5.41) is 0. The third-order valence-corrected chi connectivity index (χ3v) is 2.31. The van der Waals surface area contributed by atoms with Crippen molar-refractivity contribution in [3.63, 3.8) is 0 Å². The number of aliphatic imine (C=N–C) groups is 1. The number of nitrogens with two attached hydrogens (primary N) is 1. The fraction of sp³-hybridized carbons (Fsp3) is 0.833. The molecule has 8 heteroatoms. The Bertz CT molecular complexity index is 313. The molecule has 82 valence electrons. The molecule has 1 heterocycles. The summed E-state index contributed by atoms with van der Waals surface area (Å²) in [6.45, 7) is 1.96. The van der Waals surface area contributed by atoms with E-state index in [9.17, 15) is 8.42 Å². The number of nitrogens with zero attached hydrogens (tertiary/aromatic N) is 2. The first-order chi connectivity index (χ1) is 6.53. The summed E-state index contributed by atoms with van der Waals surface area (Å²) in [7, 11) is -3.36. The van der Waals surface area contributed by atoms with Crippen LogP contribution in [0.2, 0.25) is 0 Å². The van der Waals surface area contributed by atoms with Gasteiger partial charge in [0.15, 0.2) is 0 Å². The van der Waals surface area contributed by atoms with Crippen LogP contribution in [0.4, 0.5) is 0 Å². The molecule has 0 spiro atoms. The number of nitrogens with one attached hydrogen (secondary N) is 1. The average Bonchev–Trinajstić information content (AvgIpc) is 2.49. The Morgan fingerprint density at radius 2 is 2.43 bits per heavy atom. The molecule has 0 atom stereocenters. The van der Waals surface area contributed by atoms with Crippen molar-refractivity contribution in [3.05, 3.63) is 0 Å². The van der Waals surface area contributed by atoms with Crippen molar-refractivity contribution in [2.45, 2.75) is 0 Å². The molecule has 0 unspecified atom stereocenters. The van der Waals surface area contributed by atoms with Crippen LogP contribution in [0, 0.1) is 0 Å². The second kappa shape index (κ2) is 4.58. The van der Waals surface area contributed by atoms with Gasteiger partial charge in [-0.25, -0.2) is 5.84 Å². The van der Waals surface area contributed by atoms with Crippen molar-refractivity contribution in [1.82, 2.24) is 10.3 Å². The minimum Gasteiger partial charge on any atom is -0.338 e. The van der Waals surface area contributed by atoms with Crippen molar-refractivity contribution in [3.8, 4) is 0 Å². The summed E-state index contributed by atoms with van der Waals surface area (Å²) in [4.78, 5) is 5.88. The molecule has 0 aromatic rings. The lowest BCUT2D eigenvalue weighted by Crippen LogP contribution is -2.43. The first-order valence-electron chi connectivity index (χ1n) is 4.13. The van der Waals surface area contributed by atoms with Crippen LogP contribution < -0.4 is 11.3 Å². The summed E-state index contributed by atoms with van der Waals surface area (Å²) in [5.41, 5.74) is 2.43. The van der Waals surface area contributed by atoms with E-state index >= 15 is 0 Å². The molecule has 14 heavy (non-hydrogen) atoms. The van der Waals surface area contributed by atoms with E-state index in [4.69, 9.17) is 5.84 Å². The van der Waals surface area contributed by atoms with Crippen LogP contribution in [0.3, 0.4) is 0 Å². The largest absolute Gasteiger partial charge is 0.338 e. The van der Waals surface area contributed by atoms with E-state index in [1.165, 1.54) is 0 Å². The molecule has 0 aliphatic carbocycles. The summed E-state index contributed by atoms with van der Waals surface area (Å²) in [5.74, 6) is 5.77. The van der Waals surface area contributed by atoms with Gasteiger partial charge in [-0.2, -0.15) is 8.42 Å². The Morgan fingerprint density at radius 3 is 3.00 bits per heavy atom. The van der Waals surface area contributed by atoms with Gasteiger partial charge in [0.05, 0.1) is 19.4 Å². The van der Waals surface area contributed by atoms with Crippen molar-refractivity contribution in [2.75, 3.05) is 32.5 Å². The van der Waals surface area contributed by atoms with Gasteiger partial charge in [-0.05, 0) is 0 Å². The van der Waals surface area contributed by atoms with Crippen molar-refractivity contribution < 1.29 is 12.6 Å². The highest BCUT2D eigenvalue weighted by Gasteiger charge is 2.15. The molecule has 0 saturated heterocycles. The lowest BCUT2D eigenvalue weighted by molar-refractivity contribution is 0.279. The van der Waals surface area contributed by atoms with Gasteiger partial charge in [-0.15, -0.1) is 0 Å². The zero-order valence-corrected chi connectivity index (χ0v) is 8.75. The molecule has 0 bridgehead atoms. The zero-order chi connectivity index (χ0) is 10.6. The first kappa shape index (κ1) is 11.2. The van der Waals surface area contributed by atoms with Crippen molar-refractivity contribution in [2.24, 2.45) is 10.8 Å². The third kappa shape index (κ3) is 3.48. The monoisotopic (exact) mass is 222 g/mol. The second-order valence-corrected chi connectivity index (χ2v) is 4.51. The molecule has 7 nitrogen and oxygen atoms in total. The standard InChI is InChI=1S/C6H14N4O3S/c1-14(11,12)13-5-4-10-3-2-8-6(10)9-7/h2-5,7H2,1H3,(H,8,9). The van der Waals surface area contributed by atoms with E-state index in [-0.39, 0.29) is 6.61 Å². The highest BCUT2D eigenvalue weighted by molar-refractivity contribution is 7.85. The Kier molecular flexibility index (Phi) is 3.67. The molecule has 1 aliphatic rings. The molecule has 0 saturated carbocycles. The highest BCUT2D eigenvalue weighted by Crippen LogP contribution is 1.98. The van der Waals surface area contributed by atoms with Crippen LogP contribution in [-0.2, 0) is 14.3 Å². The Labute approximate surface area is 83.0 Å². The van der Waals surface area contributed by atoms with E-state index in [0.717, 1.165) is 12.8 Å². The number of hydrazine groups is 1. The molecule has 0 radical (unpaired) electrons. The van der Waals surface area contributed by atoms with Gasteiger partial charge in [0.1, 0.15) is 0 Å². The van der Waals surface area contributed by atoms with E-state index in [2.05, 4.69) is 14.6 Å². The fourth-order valence-electron chi connectivity index (χ4n) is 1.14. The number of rotatable bonds is 4. The zero-order valence-electron chi connectivity index (χ0n) is 7.93. The highest BCUT2D eigenvalue weighted by atomic mass is 32.2. The average molecular weight is 222 g/mol. The van der Waals surface area contributed by atoms with Gasteiger partial charge in [0.25, 0.3) is 10.1 Å². The molecule has 1 rings (SSSR count). The summed E-state index contributed by atoms with van der Waals surface area (Å²) < 4.78 is 25.9. The number of guanidine groups is 1. The SMILES string of the molecule is CS(=O)(=O)OCCN1CCN=C1NN. The maximum atomic E-state index is 10.6. The van der Waals surface area contributed by atoms with Crippen LogP contribution >= 0.6 is 0 Å². The van der Waals surface area contributed by atoms with E-state index < -0.39 is 10.1 Å². The van der Waals surface area contributed by atoms with Crippen LogP contribution in [-0.4, -0.2) is 51.8 Å². The molecule has 3 N–H and O–H groups in total. The van der Waals surface area contributed by atoms with Crippen LogP contribution in [0.25, 0.3) is 0 Å². The third-order valence-electron chi connectivity index (χ3n) is 1.72. The molecule has 0 fully saturated rings. The Morgan fingerprint density at radius 1 is 1.71 bits per heavy atom. The predicted molar refractivity (Wildman–Crippen MR) is 52.0 cm³/mol. The lowest BCUT2D eigenvalue weighted by Gasteiger charge is -2.18. The summed E-state index contributed by atoms with van der Waals surface area (Å²) in [6, 6.07) is 0. The Hall–Kier alpha value is -0.860. The lowest BCUT2D eigenvalue weighted by atomic mass is 10.5. The maximum Gasteiger partial charge on any atom is 0.264 e. The maximum absolute atomic E-state index is 10.6. The van der Waals surface area contributed by atoms with Gasteiger partial charge in [-0.3, -0.25) is 14.6 Å². The predicted octanol–water partition coefficient (Wildman–Crippen LogP) is -1.90. The quantitative estimate of drug-likeness (QED) is 0.327. The molecular weight excluding hydrogens is 208 g/mol. The van der Waals surface area contributed by atoms with Gasteiger partial charge in [0, 0.05) is 13.1 Å². The topological polar surface area (TPSA) is 97.0 Å². The van der Waals surface area contributed by atoms with E-state index in [1.54, 1.807) is 0 Å². The van der Waals surface area contributed by atoms with Crippen molar-refractivity contribution in [1.29, 1.82) is 0 Å². The first-order valence-corrected chi connectivity index (χ1v) is 5.95. The summed E-state index contributed by atoms with van der Waals surface area (Å²) in [6.07, 6.45) is 1.02. The fourth-order valence-corrected chi connectivity index (χ4v) is 1.51. The van der Waals surface area contributed by atoms with Gasteiger partial charge < -0.3 is 4.90 Å². The van der Waals surface area contributed by atoms with E-state index in [0.29, 0.717) is 19.0 Å².